The first-order valence-electron chi connectivity index (χ1n) is 10.8. The van der Waals surface area contributed by atoms with E-state index >= 15 is 0 Å². The second-order valence-corrected chi connectivity index (χ2v) is 9.11. The molecule has 0 spiro atoms. The summed E-state index contributed by atoms with van der Waals surface area (Å²) < 4.78 is 7.09. The molecular formula is C26H28N4O3. The summed E-state index contributed by atoms with van der Waals surface area (Å²) in [5.41, 5.74) is 4.37. The van der Waals surface area contributed by atoms with E-state index in [1.54, 1.807) is 27.9 Å². The molecule has 1 aromatic heterocycles. The third kappa shape index (κ3) is 4.82. The lowest BCUT2D eigenvalue weighted by Crippen LogP contribution is -2.30. The van der Waals surface area contributed by atoms with Gasteiger partial charge in [0.2, 0.25) is 0 Å². The molecule has 0 saturated heterocycles. The maximum atomic E-state index is 13.6. The van der Waals surface area contributed by atoms with Crippen LogP contribution in [0.4, 0.5) is 17.2 Å². The maximum Gasteiger partial charge on any atom is 0.331 e. The van der Waals surface area contributed by atoms with Crippen LogP contribution in [0.15, 0.2) is 54.7 Å². The van der Waals surface area contributed by atoms with E-state index in [0.29, 0.717) is 12.1 Å². The number of carbonyl (C=O) groups is 2. The third-order valence-corrected chi connectivity index (χ3v) is 5.36. The van der Waals surface area contributed by atoms with E-state index in [2.05, 4.69) is 10.4 Å². The van der Waals surface area contributed by atoms with E-state index < -0.39 is 11.6 Å². The van der Waals surface area contributed by atoms with Gasteiger partial charge in [-0.05, 0) is 69.2 Å². The van der Waals surface area contributed by atoms with Crippen molar-refractivity contribution in [1.29, 1.82) is 0 Å². The molecule has 1 aliphatic rings. The number of para-hydroxylation sites is 2. The highest BCUT2D eigenvalue weighted by Crippen LogP contribution is 2.36. The Morgan fingerprint density at radius 2 is 1.91 bits per heavy atom. The summed E-state index contributed by atoms with van der Waals surface area (Å²) in [4.78, 5) is 27.4. The molecular weight excluding hydrogens is 416 g/mol. The number of benzene rings is 2. The Morgan fingerprint density at radius 3 is 2.64 bits per heavy atom. The SMILES string of the molecule is Cc1cc(C(=O)N2Cc3cnn(C)c3Nc3ccccc32)ccc1C=CC(=O)OC(C)(C)C. The van der Waals surface area contributed by atoms with Crippen LogP contribution in [0, 0.1) is 6.92 Å². The molecule has 170 valence electrons. The fourth-order valence-electron chi connectivity index (χ4n) is 3.78. The van der Waals surface area contributed by atoms with Crippen molar-refractivity contribution in [2.75, 3.05) is 10.2 Å². The van der Waals surface area contributed by atoms with Gasteiger partial charge in [-0.3, -0.25) is 9.48 Å². The van der Waals surface area contributed by atoms with Gasteiger partial charge in [0.25, 0.3) is 5.91 Å². The number of ether oxygens (including phenoxy) is 1. The van der Waals surface area contributed by atoms with Crippen molar-refractivity contribution in [3.8, 4) is 0 Å². The maximum absolute atomic E-state index is 13.6. The number of carbonyl (C=O) groups excluding carboxylic acids is 2. The van der Waals surface area contributed by atoms with Gasteiger partial charge in [0.05, 0.1) is 24.1 Å². The van der Waals surface area contributed by atoms with Gasteiger partial charge in [-0.2, -0.15) is 5.10 Å². The van der Waals surface area contributed by atoms with Crippen molar-refractivity contribution in [3.63, 3.8) is 0 Å². The molecule has 33 heavy (non-hydrogen) atoms. The molecule has 0 atom stereocenters. The van der Waals surface area contributed by atoms with E-state index in [1.165, 1.54) is 6.08 Å². The predicted molar refractivity (Wildman–Crippen MR) is 130 cm³/mol. The first kappa shape index (κ1) is 22.3. The number of hydrogen-bond acceptors (Lipinski definition) is 5. The number of fused-ring (bicyclic) bond motifs is 2. The van der Waals surface area contributed by atoms with Crippen LogP contribution in [0.25, 0.3) is 6.08 Å². The van der Waals surface area contributed by atoms with Crippen molar-refractivity contribution < 1.29 is 14.3 Å². The van der Waals surface area contributed by atoms with Crippen LogP contribution in [0.2, 0.25) is 0 Å². The molecule has 4 rings (SSSR count). The van der Waals surface area contributed by atoms with Crippen LogP contribution in [-0.2, 0) is 23.1 Å². The molecule has 2 heterocycles. The molecule has 1 aliphatic heterocycles. The van der Waals surface area contributed by atoms with E-state index in [1.807, 2.05) is 71.1 Å². The minimum atomic E-state index is -0.542. The van der Waals surface area contributed by atoms with Crippen molar-refractivity contribution in [2.45, 2.75) is 39.8 Å². The molecule has 7 nitrogen and oxygen atoms in total. The van der Waals surface area contributed by atoms with Gasteiger partial charge >= 0.3 is 5.97 Å². The lowest BCUT2D eigenvalue weighted by molar-refractivity contribution is -0.148. The smallest absolute Gasteiger partial charge is 0.331 e. The Hall–Kier alpha value is -3.87. The first-order valence-corrected chi connectivity index (χ1v) is 10.8. The lowest BCUT2D eigenvalue weighted by Gasteiger charge is -2.23. The Balaban J connectivity index is 1.61. The second-order valence-electron chi connectivity index (χ2n) is 9.11. The minimum absolute atomic E-state index is 0.105. The predicted octanol–water partition coefficient (Wildman–Crippen LogP) is 4.99. The zero-order valence-electron chi connectivity index (χ0n) is 19.5. The second kappa shape index (κ2) is 8.58. The molecule has 1 N–H and O–H groups in total. The molecule has 1 amide bonds. The molecule has 0 bridgehead atoms. The summed E-state index contributed by atoms with van der Waals surface area (Å²) in [7, 11) is 1.87. The monoisotopic (exact) mass is 444 g/mol. The standard InChI is InChI=1S/C26H28N4O3/c1-17-14-19(11-10-18(17)12-13-23(31)33-26(2,3)4)25(32)30-16-20-15-27-29(5)24(20)28-21-8-6-7-9-22(21)30/h6-15,28H,16H2,1-5H3. The van der Waals surface area contributed by atoms with Crippen molar-refractivity contribution in [1.82, 2.24) is 9.78 Å². The van der Waals surface area contributed by atoms with Gasteiger partial charge in [-0.25, -0.2) is 4.79 Å². The molecule has 0 fully saturated rings. The largest absolute Gasteiger partial charge is 0.457 e. The number of aromatic nitrogens is 2. The number of hydrogen-bond donors (Lipinski definition) is 1. The average molecular weight is 445 g/mol. The molecule has 0 radical (unpaired) electrons. The van der Waals surface area contributed by atoms with Crippen molar-refractivity contribution in [3.05, 3.63) is 77.0 Å². The zero-order chi connectivity index (χ0) is 23.8. The van der Waals surface area contributed by atoms with Gasteiger partial charge in [-0.1, -0.05) is 18.2 Å². The summed E-state index contributed by atoms with van der Waals surface area (Å²) >= 11 is 0. The van der Waals surface area contributed by atoms with E-state index in [0.717, 1.165) is 33.9 Å². The van der Waals surface area contributed by atoms with Gasteiger partial charge in [0.1, 0.15) is 11.4 Å². The van der Waals surface area contributed by atoms with Crippen LogP contribution in [-0.4, -0.2) is 27.3 Å². The van der Waals surface area contributed by atoms with Crippen LogP contribution in [0.3, 0.4) is 0 Å². The Kier molecular flexibility index (Phi) is 5.80. The van der Waals surface area contributed by atoms with Gasteiger partial charge in [0.15, 0.2) is 0 Å². The van der Waals surface area contributed by atoms with Gasteiger partial charge in [0, 0.05) is 24.3 Å². The number of nitrogens with zero attached hydrogens (tertiary/aromatic N) is 3. The fourth-order valence-corrected chi connectivity index (χ4v) is 3.78. The fraction of sp³-hybridized carbons (Fsp3) is 0.269. The quantitative estimate of drug-likeness (QED) is 0.455. The van der Waals surface area contributed by atoms with Crippen LogP contribution >= 0.6 is 0 Å². The molecule has 0 unspecified atom stereocenters. The summed E-state index contributed by atoms with van der Waals surface area (Å²) in [6.07, 6.45) is 4.91. The minimum Gasteiger partial charge on any atom is -0.457 e. The highest BCUT2D eigenvalue weighted by molar-refractivity contribution is 6.08. The van der Waals surface area contributed by atoms with Gasteiger partial charge < -0.3 is 15.0 Å². The Bertz CT molecular complexity index is 1250. The van der Waals surface area contributed by atoms with Crippen LogP contribution in [0.5, 0.6) is 0 Å². The molecule has 2 aromatic carbocycles. The van der Waals surface area contributed by atoms with Gasteiger partial charge in [-0.15, -0.1) is 0 Å². The highest BCUT2D eigenvalue weighted by atomic mass is 16.6. The normalized spacial score (nSPS) is 13.2. The molecule has 7 heteroatoms. The van der Waals surface area contributed by atoms with Crippen molar-refractivity contribution in [2.24, 2.45) is 7.05 Å². The number of aryl methyl sites for hydroxylation is 2. The summed E-state index contributed by atoms with van der Waals surface area (Å²) in [6, 6.07) is 13.2. The van der Waals surface area contributed by atoms with Crippen molar-refractivity contribution >= 4 is 35.1 Å². The first-order chi connectivity index (χ1) is 15.6. The number of anilines is 3. The highest BCUT2D eigenvalue weighted by Gasteiger charge is 2.26. The Morgan fingerprint density at radius 1 is 1.15 bits per heavy atom. The number of rotatable bonds is 3. The van der Waals surface area contributed by atoms with E-state index in [-0.39, 0.29) is 5.91 Å². The van der Waals surface area contributed by atoms with Crippen LogP contribution in [0.1, 0.15) is 47.8 Å². The molecule has 0 aliphatic carbocycles. The van der Waals surface area contributed by atoms with E-state index in [9.17, 15) is 9.59 Å². The molecule has 0 saturated carbocycles. The Labute approximate surface area is 193 Å². The summed E-state index contributed by atoms with van der Waals surface area (Å²) in [5.74, 6) is 0.367. The summed E-state index contributed by atoms with van der Waals surface area (Å²) in [5, 5.41) is 7.74. The average Bonchev–Trinajstić information content (AvgIpc) is 2.99. The number of esters is 1. The lowest BCUT2D eigenvalue weighted by atomic mass is 10.0. The zero-order valence-corrected chi connectivity index (χ0v) is 19.5. The van der Waals surface area contributed by atoms with E-state index in [4.69, 9.17) is 4.74 Å². The number of nitrogens with one attached hydrogen (secondary N) is 1. The van der Waals surface area contributed by atoms with Crippen LogP contribution < -0.4 is 10.2 Å². The summed E-state index contributed by atoms with van der Waals surface area (Å²) in [6.45, 7) is 7.81. The molecule has 3 aromatic rings. The topological polar surface area (TPSA) is 76.5 Å². The third-order valence-electron chi connectivity index (χ3n) is 5.36. The number of amides is 1.